The second kappa shape index (κ2) is 12.7. The molecule has 0 radical (unpaired) electrons. The molecule has 0 unspecified atom stereocenters. The highest BCUT2D eigenvalue weighted by atomic mass is 35.5. The van der Waals surface area contributed by atoms with E-state index >= 15 is 0 Å². The molecule has 34 heavy (non-hydrogen) atoms. The zero-order valence-corrected chi connectivity index (χ0v) is 20.9. The lowest BCUT2D eigenvalue weighted by Crippen LogP contribution is -2.51. The van der Waals surface area contributed by atoms with Crippen molar-refractivity contribution in [2.24, 2.45) is 0 Å². The lowest BCUT2D eigenvalue weighted by molar-refractivity contribution is -0.142. The van der Waals surface area contributed by atoms with Crippen LogP contribution in [0.5, 0.6) is 5.75 Å². The number of nitrogens with one attached hydrogen (secondary N) is 1. The molecule has 0 saturated carbocycles. The Bertz CT molecular complexity index is 1110. The summed E-state index contributed by atoms with van der Waals surface area (Å²) in [6.45, 7) is 1.98. The maximum Gasteiger partial charge on any atom is 0.261 e. The summed E-state index contributed by atoms with van der Waals surface area (Å²) in [5.74, 6) is -0.297. The largest absolute Gasteiger partial charge is 0.482 e. The van der Waals surface area contributed by atoms with E-state index in [4.69, 9.17) is 39.5 Å². The first-order valence-corrected chi connectivity index (χ1v) is 12.0. The van der Waals surface area contributed by atoms with E-state index in [2.05, 4.69) is 5.32 Å². The number of rotatable bonds is 10. The smallest absolute Gasteiger partial charge is 0.261 e. The molecule has 0 aliphatic rings. The highest BCUT2D eigenvalue weighted by molar-refractivity contribution is 6.36. The first-order valence-electron chi connectivity index (χ1n) is 10.8. The summed E-state index contributed by atoms with van der Waals surface area (Å²) in [4.78, 5) is 28.1. The summed E-state index contributed by atoms with van der Waals surface area (Å²) in [5, 5.41) is 4.05. The minimum atomic E-state index is -0.808. The topological polar surface area (TPSA) is 58.6 Å². The van der Waals surface area contributed by atoms with Crippen LogP contribution in [0.25, 0.3) is 0 Å². The fraction of sp³-hybridized carbons (Fsp3) is 0.231. The summed E-state index contributed by atoms with van der Waals surface area (Å²) < 4.78 is 5.70. The first-order chi connectivity index (χ1) is 16.4. The minimum absolute atomic E-state index is 0.0395. The number of hydrogen-bond donors (Lipinski definition) is 1. The number of ether oxygens (including phenoxy) is 1. The van der Waals surface area contributed by atoms with E-state index in [0.29, 0.717) is 39.3 Å². The third kappa shape index (κ3) is 6.89. The molecule has 0 aliphatic carbocycles. The van der Waals surface area contributed by atoms with Crippen LogP contribution in [-0.2, 0) is 22.6 Å². The molecular formula is C26H25Cl3N2O3. The van der Waals surface area contributed by atoms with Gasteiger partial charge in [-0.2, -0.15) is 0 Å². The number of amides is 2. The molecule has 1 atom stereocenters. The van der Waals surface area contributed by atoms with Crippen molar-refractivity contribution in [2.75, 3.05) is 13.2 Å². The third-order valence-corrected chi connectivity index (χ3v) is 6.22. The zero-order chi connectivity index (χ0) is 24.5. The van der Waals surface area contributed by atoms with E-state index in [0.717, 1.165) is 5.56 Å². The molecule has 3 aromatic rings. The van der Waals surface area contributed by atoms with Gasteiger partial charge in [-0.3, -0.25) is 9.59 Å². The van der Waals surface area contributed by atoms with Gasteiger partial charge >= 0.3 is 0 Å². The Balaban J connectivity index is 1.95. The van der Waals surface area contributed by atoms with Crippen molar-refractivity contribution in [3.63, 3.8) is 0 Å². The Hall–Kier alpha value is -2.73. The summed E-state index contributed by atoms with van der Waals surface area (Å²) in [6, 6.07) is 20.7. The van der Waals surface area contributed by atoms with Crippen LogP contribution in [0.2, 0.25) is 15.1 Å². The Morgan fingerprint density at radius 1 is 0.882 bits per heavy atom. The maximum atomic E-state index is 13.5. The zero-order valence-electron chi connectivity index (χ0n) is 18.6. The molecule has 2 amide bonds. The molecule has 3 aromatic carbocycles. The minimum Gasteiger partial charge on any atom is -0.482 e. The Kier molecular flexibility index (Phi) is 9.63. The number of nitrogens with zero attached hydrogens (tertiary/aromatic N) is 1. The Labute approximate surface area is 214 Å². The highest BCUT2D eigenvalue weighted by Crippen LogP contribution is 2.28. The van der Waals surface area contributed by atoms with Gasteiger partial charge in [0.15, 0.2) is 6.61 Å². The van der Waals surface area contributed by atoms with Gasteiger partial charge in [0.05, 0.1) is 5.02 Å². The van der Waals surface area contributed by atoms with Gasteiger partial charge in [0.25, 0.3) is 5.91 Å². The Morgan fingerprint density at radius 3 is 2.15 bits per heavy atom. The fourth-order valence-electron chi connectivity index (χ4n) is 3.48. The molecule has 0 aliphatic heterocycles. The maximum absolute atomic E-state index is 13.5. The summed E-state index contributed by atoms with van der Waals surface area (Å²) in [7, 11) is 0. The predicted molar refractivity (Wildman–Crippen MR) is 137 cm³/mol. The van der Waals surface area contributed by atoms with E-state index in [-0.39, 0.29) is 19.1 Å². The van der Waals surface area contributed by atoms with Crippen LogP contribution in [0.1, 0.15) is 18.1 Å². The van der Waals surface area contributed by atoms with Gasteiger partial charge in [-0.05, 0) is 36.8 Å². The van der Waals surface area contributed by atoms with Gasteiger partial charge in [0, 0.05) is 35.1 Å². The first kappa shape index (κ1) is 25.9. The van der Waals surface area contributed by atoms with Crippen molar-refractivity contribution in [3.05, 3.63) is 99.0 Å². The van der Waals surface area contributed by atoms with E-state index < -0.39 is 11.9 Å². The van der Waals surface area contributed by atoms with Gasteiger partial charge in [0.2, 0.25) is 5.91 Å². The van der Waals surface area contributed by atoms with Crippen molar-refractivity contribution in [2.45, 2.75) is 25.9 Å². The molecule has 0 saturated heterocycles. The van der Waals surface area contributed by atoms with Crippen LogP contribution >= 0.6 is 34.8 Å². The van der Waals surface area contributed by atoms with Gasteiger partial charge in [-0.15, -0.1) is 0 Å². The molecule has 0 aromatic heterocycles. The number of hydrogen-bond acceptors (Lipinski definition) is 3. The highest BCUT2D eigenvalue weighted by Gasteiger charge is 2.31. The van der Waals surface area contributed by atoms with Crippen LogP contribution in [0.4, 0.5) is 0 Å². The van der Waals surface area contributed by atoms with Crippen LogP contribution in [0.15, 0.2) is 72.8 Å². The number of para-hydroxylation sites is 1. The second-order valence-electron chi connectivity index (χ2n) is 7.54. The van der Waals surface area contributed by atoms with Crippen molar-refractivity contribution in [3.8, 4) is 5.75 Å². The van der Waals surface area contributed by atoms with Crippen LogP contribution < -0.4 is 10.1 Å². The predicted octanol–water partition coefficient (Wildman–Crippen LogP) is 5.80. The molecule has 178 valence electrons. The standard InChI is InChI=1S/C26H25Cl3N2O3/c1-2-30-26(33)23(15-18-9-4-3-5-10-18)31(16-19-20(27)12-8-13-21(19)28)25(32)17-34-24-14-7-6-11-22(24)29/h3-14,23H,2,15-17H2,1H3,(H,30,33)/t23-/m0/s1. The van der Waals surface area contributed by atoms with E-state index in [9.17, 15) is 9.59 Å². The molecule has 0 fully saturated rings. The van der Waals surface area contributed by atoms with E-state index in [1.807, 2.05) is 37.3 Å². The summed E-state index contributed by atoms with van der Waals surface area (Å²) >= 11 is 19.0. The summed E-state index contributed by atoms with van der Waals surface area (Å²) in [5.41, 5.74) is 1.47. The van der Waals surface area contributed by atoms with Gasteiger partial charge in [-0.1, -0.05) is 83.3 Å². The number of likely N-dealkylation sites (N-methyl/N-ethyl adjacent to an activating group) is 1. The average Bonchev–Trinajstić information content (AvgIpc) is 2.83. The molecule has 1 N–H and O–H groups in total. The van der Waals surface area contributed by atoms with Gasteiger partial charge in [-0.25, -0.2) is 0 Å². The van der Waals surface area contributed by atoms with Gasteiger partial charge in [0.1, 0.15) is 11.8 Å². The van der Waals surface area contributed by atoms with Crippen molar-refractivity contribution >= 4 is 46.6 Å². The van der Waals surface area contributed by atoms with E-state index in [1.165, 1.54) is 4.90 Å². The van der Waals surface area contributed by atoms with Crippen LogP contribution in [0.3, 0.4) is 0 Å². The number of benzene rings is 3. The van der Waals surface area contributed by atoms with Gasteiger partial charge < -0.3 is 15.0 Å². The lowest BCUT2D eigenvalue weighted by Gasteiger charge is -2.32. The number of carbonyl (C=O) groups excluding carboxylic acids is 2. The normalized spacial score (nSPS) is 11.5. The molecule has 3 rings (SSSR count). The molecular weight excluding hydrogens is 495 g/mol. The van der Waals surface area contributed by atoms with Crippen molar-refractivity contribution in [1.29, 1.82) is 0 Å². The summed E-state index contributed by atoms with van der Waals surface area (Å²) in [6.07, 6.45) is 0.312. The molecule has 0 heterocycles. The molecule has 0 spiro atoms. The van der Waals surface area contributed by atoms with Crippen molar-refractivity contribution < 1.29 is 14.3 Å². The molecule has 5 nitrogen and oxygen atoms in total. The second-order valence-corrected chi connectivity index (χ2v) is 8.76. The Morgan fingerprint density at radius 2 is 1.50 bits per heavy atom. The fourth-order valence-corrected chi connectivity index (χ4v) is 4.19. The quantitative estimate of drug-likeness (QED) is 0.368. The molecule has 0 bridgehead atoms. The van der Waals surface area contributed by atoms with Crippen LogP contribution in [-0.4, -0.2) is 35.9 Å². The van der Waals surface area contributed by atoms with E-state index in [1.54, 1.807) is 42.5 Å². The third-order valence-electron chi connectivity index (χ3n) is 5.20. The number of carbonyl (C=O) groups is 2. The molecule has 8 heteroatoms. The van der Waals surface area contributed by atoms with Crippen LogP contribution in [0, 0.1) is 0 Å². The SMILES string of the molecule is CCNC(=O)[C@H](Cc1ccccc1)N(Cc1c(Cl)cccc1Cl)C(=O)COc1ccccc1Cl. The lowest BCUT2D eigenvalue weighted by atomic mass is 10.0. The van der Waals surface area contributed by atoms with Crippen molar-refractivity contribution in [1.82, 2.24) is 10.2 Å². The average molecular weight is 520 g/mol. The monoisotopic (exact) mass is 518 g/mol. The number of halogens is 3.